The van der Waals surface area contributed by atoms with Gasteiger partial charge >= 0.3 is 0 Å². The zero-order valence-corrected chi connectivity index (χ0v) is 11.5. The van der Waals surface area contributed by atoms with Gasteiger partial charge in [0.25, 0.3) is 0 Å². The van der Waals surface area contributed by atoms with E-state index < -0.39 is 0 Å². The molecule has 4 nitrogen and oxygen atoms in total. The van der Waals surface area contributed by atoms with Gasteiger partial charge in [-0.2, -0.15) is 0 Å². The number of fused-ring (bicyclic) bond motifs is 1. The first-order chi connectivity index (χ1) is 9.69. The molecule has 20 heavy (non-hydrogen) atoms. The molecule has 0 fully saturated rings. The number of hydrogen-bond donors (Lipinski definition) is 1. The molecule has 0 aliphatic carbocycles. The van der Waals surface area contributed by atoms with Gasteiger partial charge in [-0.15, -0.1) is 0 Å². The van der Waals surface area contributed by atoms with Crippen molar-refractivity contribution >= 4 is 5.82 Å². The van der Waals surface area contributed by atoms with Crippen LogP contribution in [0.2, 0.25) is 0 Å². The lowest BCUT2D eigenvalue weighted by Crippen LogP contribution is -2.16. The van der Waals surface area contributed by atoms with E-state index in [1.807, 2.05) is 13.1 Å². The normalized spacial score (nSPS) is 13.9. The molecule has 2 aromatic rings. The molecule has 3 rings (SSSR count). The molecule has 1 aliphatic rings. The van der Waals surface area contributed by atoms with Crippen molar-refractivity contribution in [2.75, 3.05) is 19.0 Å². The van der Waals surface area contributed by atoms with Crippen LogP contribution in [0.15, 0.2) is 18.2 Å². The zero-order valence-electron chi connectivity index (χ0n) is 11.5. The quantitative estimate of drug-likeness (QED) is 0.914. The maximum atomic E-state index is 13.7. The Kier molecular flexibility index (Phi) is 3.36. The minimum atomic E-state index is -0.238. The zero-order chi connectivity index (χ0) is 14.1. The summed E-state index contributed by atoms with van der Waals surface area (Å²) in [6.45, 7) is 2.92. The maximum absolute atomic E-state index is 13.7. The van der Waals surface area contributed by atoms with Crippen LogP contribution >= 0.6 is 0 Å². The van der Waals surface area contributed by atoms with E-state index in [1.165, 1.54) is 6.07 Å². The van der Waals surface area contributed by atoms with E-state index in [4.69, 9.17) is 4.74 Å². The molecule has 0 unspecified atom stereocenters. The Balaban J connectivity index is 2.11. The molecule has 2 heterocycles. The lowest BCUT2D eigenvalue weighted by Gasteiger charge is -2.19. The molecule has 0 saturated carbocycles. The van der Waals surface area contributed by atoms with Gasteiger partial charge in [0.05, 0.1) is 18.9 Å². The number of halogens is 1. The van der Waals surface area contributed by atoms with Gasteiger partial charge in [-0.05, 0) is 18.6 Å². The minimum absolute atomic E-state index is 0.238. The molecule has 0 atom stereocenters. The third-order valence-corrected chi connectivity index (χ3v) is 3.49. The van der Waals surface area contributed by atoms with Crippen molar-refractivity contribution in [2.24, 2.45) is 0 Å². The molecule has 104 valence electrons. The largest absolute Gasteiger partial charge is 0.376 e. The van der Waals surface area contributed by atoms with Crippen molar-refractivity contribution in [3.63, 3.8) is 0 Å². The van der Waals surface area contributed by atoms with E-state index in [2.05, 4.69) is 15.3 Å². The van der Waals surface area contributed by atoms with E-state index in [0.29, 0.717) is 30.2 Å². The molecule has 0 saturated heterocycles. The summed E-state index contributed by atoms with van der Waals surface area (Å²) >= 11 is 0. The van der Waals surface area contributed by atoms with Crippen molar-refractivity contribution in [1.82, 2.24) is 9.97 Å². The molecule has 0 amide bonds. The van der Waals surface area contributed by atoms with Crippen molar-refractivity contribution < 1.29 is 9.13 Å². The van der Waals surface area contributed by atoms with Gasteiger partial charge in [-0.1, -0.05) is 12.1 Å². The summed E-state index contributed by atoms with van der Waals surface area (Å²) in [5, 5.41) is 3.07. The average Bonchev–Trinajstić information content (AvgIpc) is 2.49. The first-order valence-electron chi connectivity index (χ1n) is 6.61. The van der Waals surface area contributed by atoms with E-state index >= 15 is 0 Å². The second-order valence-corrected chi connectivity index (χ2v) is 4.84. The van der Waals surface area contributed by atoms with Crippen molar-refractivity contribution in [1.29, 1.82) is 0 Å². The van der Waals surface area contributed by atoms with Crippen molar-refractivity contribution in [3.8, 4) is 11.4 Å². The third-order valence-electron chi connectivity index (χ3n) is 3.49. The molecule has 0 spiro atoms. The Morgan fingerprint density at radius 2 is 2.15 bits per heavy atom. The van der Waals surface area contributed by atoms with Crippen molar-refractivity contribution in [3.05, 3.63) is 40.8 Å². The van der Waals surface area contributed by atoms with Gasteiger partial charge in [0.1, 0.15) is 11.6 Å². The number of aromatic nitrogens is 2. The first-order valence-corrected chi connectivity index (χ1v) is 6.61. The first kappa shape index (κ1) is 13.0. The van der Waals surface area contributed by atoms with Gasteiger partial charge in [0.15, 0.2) is 5.82 Å². The summed E-state index contributed by atoms with van der Waals surface area (Å²) < 4.78 is 19.1. The summed E-state index contributed by atoms with van der Waals surface area (Å²) in [6.07, 6.45) is 0.758. The average molecular weight is 273 g/mol. The Morgan fingerprint density at radius 1 is 1.30 bits per heavy atom. The highest BCUT2D eigenvalue weighted by molar-refractivity contribution is 5.60. The van der Waals surface area contributed by atoms with Crippen LogP contribution in [0, 0.1) is 12.7 Å². The van der Waals surface area contributed by atoms with E-state index in [-0.39, 0.29) is 5.82 Å². The highest BCUT2D eigenvalue weighted by Gasteiger charge is 2.18. The Hall–Kier alpha value is -2.01. The smallest absolute Gasteiger partial charge is 0.161 e. The summed E-state index contributed by atoms with van der Waals surface area (Å²) in [5.74, 6) is 1.07. The number of benzene rings is 1. The molecular formula is C15H16FN3O. The number of anilines is 1. The van der Waals surface area contributed by atoms with Crippen molar-refractivity contribution in [2.45, 2.75) is 20.0 Å². The SMILES string of the molecule is CNc1nc(-c2ccc(C)c(F)c2)nc2c1COCC2. The van der Waals surface area contributed by atoms with Gasteiger partial charge in [0, 0.05) is 24.6 Å². The molecule has 5 heteroatoms. The Bertz CT molecular complexity index is 641. The molecule has 0 bridgehead atoms. The van der Waals surface area contributed by atoms with Gasteiger partial charge in [-0.3, -0.25) is 0 Å². The van der Waals surface area contributed by atoms with Gasteiger partial charge in [-0.25, -0.2) is 14.4 Å². The van der Waals surface area contributed by atoms with Crippen LogP contribution in [-0.4, -0.2) is 23.6 Å². The summed E-state index contributed by atoms with van der Waals surface area (Å²) in [7, 11) is 1.82. The molecule has 1 aliphatic heterocycles. The molecule has 1 aromatic carbocycles. The third kappa shape index (κ3) is 2.25. The lowest BCUT2D eigenvalue weighted by molar-refractivity contribution is 0.109. The van der Waals surface area contributed by atoms with E-state index in [0.717, 1.165) is 23.5 Å². The number of hydrogen-bond acceptors (Lipinski definition) is 4. The summed E-state index contributed by atoms with van der Waals surface area (Å²) in [4.78, 5) is 9.04. The fourth-order valence-corrected chi connectivity index (χ4v) is 2.30. The van der Waals surface area contributed by atoms with E-state index in [1.54, 1.807) is 13.0 Å². The van der Waals surface area contributed by atoms with Gasteiger partial charge < -0.3 is 10.1 Å². The van der Waals surface area contributed by atoms with Crippen LogP contribution in [0.5, 0.6) is 0 Å². The number of aryl methyl sites for hydroxylation is 1. The summed E-state index contributed by atoms with van der Waals surface area (Å²) in [5.41, 5.74) is 3.29. The predicted molar refractivity (Wildman–Crippen MR) is 75.1 cm³/mol. The van der Waals surface area contributed by atoms with Crippen LogP contribution < -0.4 is 5.32 Å². The highest BCUT2D eigenvalue weighted by Crippen LogP contribution is 2.26. The van der Waals surface area contributed by atoms with Crippen LogP contribution in [0.4, 0.5) is 10.2 Å². The topological polar surface area (TPSA) is 47.0 Å². The Labute approximate surface area is 117 Å². The highest BCUT2D eigenvalue weighted by atomic mass is 19.1. The molecule has 0 radical (unpaired) electrons. The lowest BCUT2D eigenvalue weighted by atomic mass is 10.1. The van der Waals surface area contributed by atoms with E-state index in [9.17, 15) is 4.39 Å². The van der Waals surface area contributed by atoms with Crippen LogP contribution in [-0.2, 0) is 17.8 Å². The predicted octanol–water partition coefficient (Wildman–Crippen LogP) is 2.71. The second-order valence-electron chi connectivity index (χ2n) is 4.84. The van der Waals surface area contributed by atoms with Crippen LogP contribution in [0.3, 0.4) is 0 Å². The summed E-state index contributed by atoms with van der Waals surface area (Å²) in [6, 6.07) is 5.07. The minimum Gasteiger partial charge on any atom is -0.376 e. The number of nitrogens with one attached hydrogen (secondary N) is 1. The van der Waals surface area contributed by atoms with Gasteiger partial charge in [0.2, 0.25) is 0 Å². The maximum Gasteiger partial charge on any atom is 0.161 e. The van der Waals surface area contributed by atoms with Crippen LogP contribution in [0.25, 0.3) is 11.4 Å². The van der Waals surface area contributed by atoms with Crippen LogP contribution in [0.1, 0.15) is 16.8 Å². The molecular weight excluding hydrogens is 257 g/mol. The standard InChI is InChI=1S/C15H16FN3O/c1-9-3-4-10(7-12(9)16)14-18-13-5-6-20-8-11(13)15(17-2)19-14/h3-4,7H,5-6,8H2,1-2H3,(H,17,18,19). The fraction of sp³-hybridized carbons (Fsp3) is 0.333. The number of rotatable bonds is 2. The molecule has 1 aromatic heterocycles. The fourth-order valence-electron chi connectivity index (χ4n) is 2.30. The number of ether oxygens (including phenoxy) is 1. The Morgan fingerprint density at radius 3 is 2.90 bits per heavy atom. The second kappa shape index (κ2) is 5.17. The monoisotopic (exact) mass is 273 g/mol. The number of nitrogens with zero attached hydrogens (tertiary/aromatic N) is 2. The molecule has 1 N–H and O–H groups in total.